The fourth-order valence-corrected chi connectivity index (χ4v) is 3.61. The lowest BCUT2D eigenvalue weighted by atomic mass is 10.1. The summed E-state index contributed by atoms with van der Waals surface area (Å²) < 4.78 is 10.6. The molecule has 0 saturated heterocycles. The summed E-state index contributed by atoms with van der Waals surface area (Å²) in [5.74, 6) is 1.15. The minimum absolute atomic E-state index is 0.0920. The molecule has 0 radical (unpaired) electrons. The zero-order valence-corrected chi connectivity index (χ0v) is 20.3. The van der Waals surface area contributed by atoms with Crippen LogP contribution in [-0.4, -0.2) is 35.7 Å². The molecule has 0 amide bonds. The van der Waals surface area contributed by atoms with Crippen molar-refractivity contribution >= 4 is 11.8 Å². The number of aryl methyl sites for hydroxylation is 1. The number of ether oxygens (including phenoxy) is 2. The number of benzene rings is 2. The summed E-state index contributed by atoms with van der Waals surface area (Å²) in [6.07, 6.45) is 5.75. The number of hydrogen-bond donors (Lipinski definition) is 1. The monoisotopic (exact) mass is 462 g/mol. The van der Waals surface area contributed by atoms with Gasteiger partial charge in [-0.1, -0.05) is 49.7 Å². The second-order valence-electron chi connectivity index (χ2n) is 8.13. The fourth-order valence-electron chi connectivity index (χ4n) is 3.61. The van der Waals surface area contributed by atoms with Gasteiger partial charge in [-0.2, -0.15) is 0 Å². The lowest BCUT2D eigenvalue weighted by molar-refractivity contribution is -0.145. The summed E-state index contributed by atoms with van der Waals surface area (Å²) in [5.41, 5.74) is 10.8. The van der Waals surface area contributed by atoms with Crippen LogP contribution in [0.3, 0.4) is 0 Å². The molecule has 0 saturated carbocycles. The summed E-state index contributed by atoms with van der Waals surface area (Å²) in [4.78, 5) is 23.2. The third-order valence-corrected chi connectivity index (χ3v) is 5.48. The van der Waals surface area contributed by atoms with Gasteiger partial charge in [0.25, 0.3) is 0 Å². The predicted molar refractivity (Wildman–Crippen MR) is 135 cm³/mol. The summed E-state index contributed by atoms with van der Waals surface area (Å²) in [7, 11) is 0. The van der Waals surface area contributed by atoms with Gasteiger partial charge in [0, 0.05) is 25.2 Å². The van der Waals surface area contributed by atoms with E-state index in [0.29, 0.717) is 25.4 Å². The van der Waals surface area contributed by atoms with Crippen molar-refractivity contribution in [1.82, 2.24) is 9.97 Å². The Kier molecular flexibility index (Phi) is 9.40. The van der Waals surface area contributed by atoms with Crippen molar-refractivity contribution in [3.63, 3.8) is 0 Å². The first kappa shape index (κ1) is 25.2. The molecule has 0 atom stereocenters. The highest BCUT2D eigenvalue weighted by atomic mass is 16.6. The molecule has 180 valence electrons. The first-order valence-electron chi connectivity index (χ1n) is 11.8. The molecular formula is C27H34N4O3. The summed E-state index contributed by atoms with van der Waals surface area (Å²) >= 11 is 0. The van der Waals surface area contributed by atoms with Crippen LogP contribution < -0.4 is 15.4 Å². The van der Waals surface area contributed by atoms with Crippen LogP contribution in [0.15, 0.2) is 54.9 Å². The van der Waals surface area contributed by atoms with Gasteiger partial charge in [-0.15, -0.1) is 0 Å². The van der Waals surface area contributed by atoms with Crippen LogP contribution in [0.2, 0.25) is 0 Å². The minimum Gasteiger partial charge on any atom is -0.482 e. The molecule has 0 fully saturated rings. The summed E-state index contributed by atoms with van der Waals surface area (Å²) in [5, 5.41) is 0. The van der Waals surface area contributed by atoms with E-state index in [-0.39, 0.29) is 12.6 Å². The van der Waals surface area contributed by atoms with Crippen LogP contribution in [0.1, 0.15) is 43.4 Å². The molecule has 2 N–H and O–H groups in total. The molecule has 34 heavy (non-hydrogen) atoms. The molecule has 0 aliphatic rings. The molecule has 0 unspecified atom stereocenters. The van der Waals surface area contributed by atoms with Gasteiger partial charge >= 0.3 is 5.97 Å². The van der Waals surface area contributed by atoms with Gasteiger partial charge in [0.15, 0.2) is 6.61 Å². The molecule has 1 heterocycles. The Morgan fingerprint density at radius 3 is 2.50 bits per heavy atom. The largest absolute Gasteiger partial charge is 0.482 e. The van der Waals surface area contributed by atoms with Crippen LogP contribution in [-0.2, 0) is 22.6 Å². The highest BCUT2D eigenvalue weighted by Crippen LogP contribution is 2.24. The zero-order chi connectivity index (χ0) is 24.3. The fraction of sp³-hybridized carbons (Fsp3) is 0.370. The molecule has 0 bridgehead atoms. The second-order valence-corrected chi connectivity index (χ2v) is 8.13. The van der Waals surface area contributed by atoms with Gasteiger partial charge in [0.05, 0.1) is 24.7 Å². The topological polar surface area (TPSA) is 90.6 Å². The van der Waals surface area contributed by atoms with E-state index in [4.69, 9.17) is 20.2 Å². The van der Waals surface area contributed by atoms with Crippen LogP contribution in [0, 0.1) is 6.92 Å². The Labute approximate surface area is 201 Å². The van der Waals surface area contributed by atoms with E-state index in [1.165, 1.54) is 0 Å². The second kappa shape index (κ2) is 12.7. The van der Waals surface area contributed by atoms with E-state index in [0.717, 1.165) is 53.2 Å². The number of rotatable bonds is 12. The number of nitrogens with two attached hydrogens (primary N) is 1. The van der Waals surface area contributed by atoms with Crippen molar-refractivity contribution in [2.75, 3.05) is 24.7 Å². The maximum Gasteiger partial charge on any atom is 0.344 e. The number of carbonyl (C=O) groups excluding carboxylic acids is 1. The van der Waals surface area contributed by atoms with Crippen LogP contribution in [0.25, 0.3) is 11.3 Å². The summed E-state index contributed by atoms with van der Waals surface area (Å²) in [6.45, 7) is 8.28. The van der Waals surface area contributed by atoms with Crippen molar-refractivity contribution in [3.8, 4) is 17.0 Å². The number of anilines is 1. The molecule has 3 aromatic rings. The van der Waals surface area contributed by atoms with E-state index in [1.54, 1.807) is 13.1 Å². The van der Waals surface area contributed by atoms with E-state index in [2.05, 4.69) is 22.9 Å². The average molecular weight is 463 g/mol. The Balaban J connectivity index is 1.77. The molecule has 0 aliphatic heterocycles. The van der Waals surface area contributed by atoms with Crippen molar-refractivity contribution < 1.29 is 14.3 Å². The third-order valence-electron chi connectivity index (χ3n) is 5.48. The smallest absolute Gasteiger partial charge is 0.344 e. The highest BCUT2D eigenvalue weighted by Gasteiger charge is 2.13. The van der Waals surface area contributed by atoms with Crippen molar-refractivity contribution in [2.45, 2.75) is 46.7 Å². The quantitative estimate of drug-likeness (QED) is 0.392. The van der Waals surface area contributed by atoms with Gasteiger partial charge in [0.1, 0.15) is 11.6 Å². The first-order valence-corrected chi connectivity index (χ1v) is 11.8. The zero-order valence-electron chi connectivity index (χ0n) is 20.3. The van der Waals surface area contributed by atoms with Crippen molar-refractivity contribution in [2.24, 2.45) is 5.73 Å². The van der Waals surface area contributed by atoms with Crippen LogP contribution >= 0.6 is 0 Å². The molecule has 7 heteroatoms. The third kappa shape index (κ3) is 7.02. The van der Waals surface area contributed by atoms with Gasteiger partial charge in [0.2, 0.25) is 0 Å². The van der Waals surface area contributed by atoms with E-state index < -0.39 is 0 Å². The number of hydrogen-bond acceptors (Lipinski definition) is 7. The SMILES string of the molecule is CCCCN(Cc1ccc(OCC(=O)OCC)c(C)c1)c1cncc(-c2ccc(CN)cc2)n1. The number of nitrogens with zero attached hydrogens (tertiary/aromatic N) is 3. The Bertz CT molecular complexity index is 1070. The van der Waals surface area contributed by atoms with E-state index >= 15 is 0 Å². The maximum atomic E-state index is 11.6. The van der Waals surface area contributed by atoms with Gasteiger partial charge in [-0.3, -0.25) is 4.98 Å². The Hall–Kier alpha value is -3.45. The first-order chi connectivity index (χ1) is 16.5. The van der Waals surface area contributed by atoms with Crippen molar-refractivity contribution in [3.05, 3.63) is 71.5 Å². The van der Waals surface area contributed by atoms with Crippen molar-refractivity contribution in [1.29, 1.82) is 0 Å². The number of aromatic nitrogens is 2. The molecular weight excluding hydrogens is 428 g/mol. The van der Waals surface area contributed by atoms with E-state index in [9.17, 15) is 4.79 Å². The molecule has 3 rings (SSSR count). The molecule has 7 nitrogen and oxygen atoms in total. The number of esters is 1. The van der Waals surface area contributed by atoms with Crippen LogP contribution in [0.4, 0.5) is 5.82 Å². The molecule has 0 aliphatic carbocycles. The molecule has 2 aromatic carbocycles. The van der Waals surface area contributed by atoms with Crippen LogP contribution in [0.5, 0.6) is 5.75 Å². The standard InChI is InChI=1S/C27H34N4O3/c1-4-6-13-31(18-22-9-12-25(20(3)14-22)34-19-27(32)33-5-2)26-17-29-16-24(30-26)23-10-7-21(15-28)8-11-23/h7-12,14,16-17H,4-6,13,15,18-19,28H2,1-3H3. The Morgan fingerprint density at radius 1 is 1.06 bits per heavy atom. The van der Waals surface area contributed by atoms with Gasteiger partial charge in [-0.25, -0.2) is 9.78 Å². The summed E-state index contributed by atoms with van der Waals surface area (Å²) in [6, 6.07) is 14.1. The van der Waals surface area contributed by atoms with Gasteiger partial charge < -0.3 is 20.1 Å². The van der Waals surface area contributed by atoms with Gasteiger partial charge in [-0.05, 0) is 43.0 Å². The number of carbonyl (C=O) groups is 1. The molecule has 0 spiro atoms. The highest BCUT2D eigenvalue weighted by molar-refractivity contribution is 5.71. The minimum atomic E-state index is -0.368. The predicted octanol–water partition coefficient (Wildman–Crippen LogP) is 4.66. The molecule has 1 aromatic heterocycles. The number of unbranched alkanes of at least 4 members (excludes halogenated alkanes) is 1. The average Bonchev–Trinajstić information content (AvgIpc) is 2.86. The lowest BCUT2D eigenvalue weighted by Crippen LogP contribution is -2.25. The maximum absolute atomic E-state index is 11.6. The normalized spacial score (nSPS) is 10.7. The van der Waals surface area contributed by atoms with E-state index in [1.807, 2.05) is 49.5 Å². The lowest BCUT2D eigenvalue weighted by Gasteiger charge is -2.24. The Morgan fingerprint density at radius 2 is 1.82 bits per heavy atom.